The molecule has 4 nitrogen and oxygen atoms in total. The Labute approximate surface area is 110 Å². The van der Waals surface area contributed by atoms with Gasteiger partial charge in [-0.3, -0.25) is 4.79 Å². The Bertz CT molecular complexity index is 307. The van der Waals surface area contributed by atoms with E-state index < -0.39 is 0 Å². The third-order valence-corrected chi connectivity index (χ3v) is 4.73. The molecule has 0 radical (unpaired) electrons. The van der Waals surface area contributed by atoms with Crippen LogP contribution in [-0.2, 0) is 4.79 Å². The van der Waals surface area contributed by atoms with E-state index in [2.05, 4.69) is 30.7 Å². The number of amides is 1. The van der Waals surface area contributed by atoms with Crippen LogP contribution in [0.15, 0.2) is 0 Å². The lowest BCUT2D eigenvalue weighted by Crippen LogP contribution is -2.57. The van der Waals surface area contributed by atoms with Crippen molar-refractivity contribution in [2.24, 2.45) is 17.6 Å². The number of hydrogen-bond donors (Lipinski definition) is 1. The van der Waals surface area contributed by atoms with Gasteiger partial charge in [0.05, 0.1) is 5.92 Å². The Morgan fingerprint density at radius 2 is 1.94 bits per heavy atom. The Balaban J connectivity index is 2.02. The maximum absolute atomic E-state index is 12.7. The summed E-state index contributed by atoms with van der Waals surface area (Å²) in [6.45, 7) is 7.13. The molecule has 1 saturated carbocycles. The molecule has 1 aliphatic heterocycles. The highest BCUT2D eigenvalue weighted by molar-refractivity contribution is 5.80. The molecule has 104 valence electrons. The van der Waals surface area contributed by atoms with Crippen LogP contribution in [0.2, 0.25) is 0 Å². The van der Waals surface area contributed by atoms with E-state index in [1.54, 1.807) is 0 Å². The van der Waals surface area contributed by atoms with Crippen molar-refractivity contribution in [2.75, 3.05) is 26.7 Å². The third-order valence-electron chi connectivity index (χ3n) is 4.73. The van der Waals surface area contributed by atoms with Gasteiger partial charge in [0.15, 0.2) is 0 Å². The Morgan fingerprint density at radius 1 is 1.22 bits per heavy atom. The largest absolute Gasteiger partial charge is 0.337 e. The summed E-state index contributed by atoms with van der Waals surface area (Å²) in [7, 11) is 2.12. The maximum atomic E-state index is 12.7. The molecule has 18 heavy (non-hydrogen) atoms. The lowest BCUT2D eigenvalue weighted by molar-refractivity contribution is -0.142. The quantitative estimate of drug-likeness (QED) is 0.756. The van der Waals surface area contributed by atoms with Gasteiger partial charge in [-0.15, -0.1) is 0 Å². The van der Waals surface area contributed by atoms with Crippen LogP contribution >= 0.6 is 0 Å². The zero-order chi connectivity index (χ0) is 13.3. The third kappa shape index (κ3) is 2.69. The number of nitrogens with two attached hydrogens (primary N) is 1. The Kier molecular flexibility index (Phi) is 4.28. The van der Waals surface area contributed by atoms with Crippen molar-refractivity contribution in [3.8, 4) is 0 Å². The van der Waals surface area contributed by atoms with Gasteiger partial charge in [-0.25, -0.2) is 0 Å². The average Bonchev–Trinajstić information content (AvgIpc) is 2.32. The Hall–Kier alpha value is -0.610. The van der Waals surface area contributed by atoms with E-state index in [9.17, 15) is 4.79 Å². The Morgan fingerprint density at radius 3 is 2.61 bits per heavy atom. The normalized spacial score (nSPS) is 38.8. The van der Waals surface area contributed by atoms with Crippen LogP contribution < -0.4 is 5.73 Å². The van der Waals surface area contributed by atoms with E-state index >= 15 is 0 Å². The van der Waals surface area contributed by atoms with Gasteiger partial charge in [-0.05, 0) is 32.7 Å². The SMILES string of the molecule is CC1CCCC(C(=O)N2CCN(C)CC2C)C1N. The summed E-state index contributed by atoms with van der Waals surface area (Å²) in [5.74, 6) is 0.838. The van der Waals surface area contributed by atoms with E-state index in [-0.39, 0.29) is 12.0 Å². The zero-order valence-electron chi connectivity index (χ0n) is 11.9. The highest BCUT2D eigenvalue weighted by atomic mass is 16.2. The van der Waals surface area contributed by atoms with Gasteiger partial charge in [-0.1, -0.05) is 13.3 Å². The first-order valence-corrected chi connectivity index (χ1v) is 7.25. The van der Waals surface area contributed by atoms with Crippen molar-refractivity contribution in [1.29, 1.82) is 0 Å². The number of carbonyl (C=O) groups excluding carboxylic acids is 1. The standard InChI is InChI=1S/C14H27N3O/c1-10-5-4-6-12(13(10)15)14(18)17-8-7-16(3)9-11(17)2/h10-13H,4-9,15H2,1-3H3. The fraction of sp³-hybridized carbons (Fsp3) is 0.929. The molecule has 0 aromatic carbocycles. The van der Waals surface area contributed by atoms with Gasteiger partial charge in [-0.2, -0.15) is 0 Å². The number of hydrogen-bond acceptors (Lipinski definition) is 3. The van der Waals surface area contributed by atoms with Gasteiger partial charge >= 0.3 is 0 Å². The number of rotatable bonds is 1. The molecule has 4 unspecified atom stereocenters. The van der Waals surface area contributed by atoms with Crippen molar-refractivity contribution in [3.63, 3.8) is 0 Å². The molecule has 0 aromatic heterocycles. The molecule has 2 aliphatic rings. The van der Waals surface area contributed by atoms with Crippen molar-refractivity contribution >= 4 is 5.91 Å². The summed E-state index contributed by atoms with van der Waals surface area (Å²) in [6.07, 6.45) is 3.29. The number of likely N-dealkylation sites (N-methyl/N-ethyl adjacent to an activating group) is 1. The second kappa shape index (κ2) is 5.57. The first-order chi connectivity index (χ1) is 8.50. The van der Waals surface area contributed by atoms with Gasteiger partial charge in [0.2, 0.25) is 5.91 Å². The van der Waals surface area contributed by atoms with Crippen molar-refractivity contribution in [2.45, 2.75) is 45.2 Å². The number of carbonyl (C=O) groups is 1. The molecular weight excluding hydrogens is 226 g/mol. The summed E-state index contributed by atoms with van der Waals surface area (Å²) < 4.78 is 0. The van der Waals surface area contributed by atoms with Gasteiger partial charge in [0.1, 0.15) is 0 Å². The minimum absolute atomic E-state index is 0.0538. The molecular formula is C14H27N3O. The highest BCUT2D eigenvalue weighted by Gasteiger charge is 2.37. The van der Waals surface area contributed by atoms with E-state index in [0.29, 0.717) is 17.9 Å². The molecule has 4 heteroatoms. The second-order valence-electron chi connectivity index (χ2n) is 6.23. The summed E-state index contributed by atoms with van der Waals surface area (Å²) in [4.78, 5) is 17.0. The summed E-state index contributed by atoms with van der Waals surface area (Å²) >= 11 is 0. The number of piperazine rings is 1. The number of nitrogens with zero attached hydrogens (tertiary/aromatic N) is 2. The van der Waals surface area contributed by atoms with E-state index in [4.69, 9.17) is 5.73 Å². The van der Waals surface area contributed by atoms with E-state index in [1.807, 2.05) is 0 Å². The van der Waals surface area contributed by atoms with Crippen molar-refractivity contribution < 1.29 is 4.79 Å². The lowest BCUT2D eigenvalue weighted by Gasteiger charge is -2.42. The molecule has 1 saturated heterocycles. The lowest BCUT2D eigenvalue weighted by atomic mass is 9.77. The molecule has 2 rings (SSSR count). The molecule has 2 N–H and O–H groups in total. The van der Waals surface area contributed by atoms with E-state index in [0.717, 1.165) is 32.5 Å². The maximum Gasteiger partial charge on any atom is 0.227 e. The summed E-state index contributed by atoms with van der Waals surface area (Å²) in [5, 5.41) is 0. The minimum atomic E-state index is 0.0538. The zero-order valence-corrected chi connectivity index (χ0v) is 11.9. The molecule has 1 heterocycles. The van der Waals surface area contributed by atoms with E-state index in [1.165, 1.54) is 6.42 Å². The molecule has 0 bridgehead atoms. The predicted molar refractivity (Wildman–Crippen MR) is 73.2 cm³/mol. The fourth-order valence-electron chi connectivity index (χ4n) is 3.41. The van der Waals surface area contributed by atoms with Crippen molar-refractivity contribution in [3.05, 3.63) is 0 Å². The van der Waals surface area contributed by atoms with Gasteiger partial charge in [0, 0.05) is 31.7 Å². The van der Waals surface area contributed by atoms with Crippen molar-refractivity contribution in [1.82, 2.24) is 9.80 Å². The molecule has 2 fully saturated rings. The highest BCUT2D eigenvalue weighted by Crippen LogP contribution is 2.30. The van der Waals surface area contributed by atoms with Gasteiger partial charge in [0.25, 0.3) is 0 Å². The molecule has 4 atom stereocenters. The minimum Gasteiger partial charge on any atom is -0.337 e. The van der Waals surface area contributed by atoms with Crippen LogP contribution in [0.1, 0.15) is 33.1 Å². The smallest absolute Gasteiger partial charge is 0.227 e. The van der Waals surface area contributed by atoms with Gasteiger partial charge < -0.3 is 15.5 Å². The second-order valence-corrected chi connectivity index (χ2v) is 6.23. The van der Waals surface area contributed by atoms with Crippen LogP contribution in [-0.4, -0.2) is 54.5 Å². The topological polar surface area (TPSA) is 49.6 Å². The van der Waals surface area contributed by atoms with Crippen LogP contribution in [0.25, 0.3) is 0 Å². The van der Waals surface area contributed by atoms with Crippen LogP contribution in [0.5, 0.6) is 0 Å². The van der Waals surface area contributed by atoms with Crippen LogP contribution in [0, 0.1) is 11.8 Å². The molecule has 0 spiro atoms. The summed E-state index contributed by atoms with van der Waals surface area (Å²) in [6, 6.07) is 0.374. The molecule has 0 aromatic rings. The first-order valence-electron chi connectivity index (χ1n) is 7.25. The molecule has 1 aliphatic carbocycles. The monoisotopic (exact) mass is 253 g/mol. The summed E-state index contributed by atoms with van der Waals surface area (Å²) in [5.41, 5.74) is 6.24. The molecule has 1 amide bonds. The van der Waals surface area contributed by atoms with Crippen LogP contribution in [0.3, 0.4) is 0 Å². The predicted octanol–water partition coefficient (Wildman–Crippen LogP) is 0.912. The first kappa shape index (κ1) is 13.8. The fourth-order valence-corrected chi connectivity index (χ4v) is 3.41. The average molecular weight is 253 g/mol. The van der Waals surface area contributed by atoms with Crippen LogP contribution in [0.4, 0.5) is 0 Å².